The monoisotopic (exact) mass is 392 g/mol. The van der Waals surface area contributed by atoms with Gasteiger partial charge in [0.1, 0.15) is 5.78 Å². The molecule has 3 aliphatic rings. The second kappa shape index (κ2) is 8.02. The van der Waals surface area contributed by atoms with Crippen molar-refractivity contribution in [2.45, 2.75) is 41.8 Å². The van der Waals surface area contributed by atoms with Crippen LogP contribution in [-0.2, 0) is 22.4 Å². The Hall–Kier alpha value is -0.860. The molecule has 0 bridgehead atoms. The Bertz CT molecular complexity index is 674. The molecular weight excluding hydrogens is 368 g/mol. The van der Waals surface area contributed by atoms with Crippen LogP contribution in [0, 0.1) is 5.92 Å². The molecule has 2 heterocycles. The Balaban J connectivity index is 1.39. The smallest absolute Gasteiger partial charge is 0.165 e. The van der Waals surface area contributed by atoms with E-state index in [1.807, 2.05) is 0 Å². The highest BCUT2D eigenvalue weighted by Gasteiger charge is 2.44. The molecule has 0 radical (unpaired) electrons. The number of carbonyl (C=O) groups excluding carboxylic acids is 2. The van der Waals surface area contributed by atoms with Crippen LogP contribution in [0.25, 0.3) is 0 Å². The molecule has 140 valence electrons. The summed E-state index contributed by atoms with van der Waals surface area (Å²) in [7, 11) is 0. The number of aliphatic hydroxyl groups excluding tert-OH is 1. The highest BCUT2D eigenvalue weighted by Crippen LogP contribution is 2.33. The van der Waals surface area contributed by atoms with Crippen LogP contribution >= 0.6 is 23.5 Å². The molecule has 7 heteroatoms. The van der Waals surface area contributed by atoms with Crippen LogP contribution in [0.2, 0.25) is 0 Å². The Morgan fingerprint density at radius 1 is 1.04 bits per heavy atom. The maximum absolute atomic E-state index is 12.9. The van der Waals surface area contributed by atoms with Crippen LogP contribution in [0.5, 0.6) is 0 Å². The molecule has 3 N–H and O–H groups in total. The molecule has 4 rings (SSSR count). The standard InChI is InChI=1S/C19H24N2O3S2/c22-8-14-18(25-9-20-14)17(24)16-19(26-10-21-16)15(23)7-11-5-12-3-1-2-4-13(12)6-11/h1-4,11,14,16,18-22H,5-10H2/t14-,16-,18?,19?/m1/s1. The zero-order chi connectivity index (χ0) is 18.1. The number of fused-ring (bicyclic) bond motifs is 1. The quantitative estimate of drug-likeness (QED) is 0.666. The fourth-order valence-electron chi connectivity index (χ4n) is 4.24. The Morgan fingerprint density at radius 3 is 2.38 bits per heavy atom. The van der Waals surface area contributed by atoms with Crippen molar-refractivity contribution in [3.05, 3.63) is 35.4 Å². The fraction of sp³-hybridized carbons (Fsp3) is 0.579. The molecule has 0 amide bonds. The minimum absolute atomic E-state index is 0.0529. The van der Waals surface area contributed by atoms with E-state index in [1.165, 1.54) is 22.9 Å². The third-order valence-electron chi connectivity index (χ3n) is 5.57. The topological polar surface area (TPSA) is 78.4 Å². The van der Waals surface area contributed by atoms with E-state index in [1.54, 1.807) is 11.8 Å². The van der Waals surface area contributed by atoms with Crippen LogP contribution in [-0.4, -0.2) is 57.6 Å². The third kappa shape index (κ3) is 3.60. The van der Waals surface area contributed by atoms with E-state index in [0.29, 0.717) is 24.1 Å². The van der Waals surface area contributed by atoms with Crippen LogP contribution in [0.1, 0.15) is 17.5 Å². The molecule has 0 saturated carbocycles. The van der Waals surface area contributed by atoms with Crippen molar-refractivity contribution in [1.29, 1.82) is 0 Å². The minimum atomic E-state index is -0.428. The van der Waals surface area contributed by atoms with E-state index in [4.69, 9.17) is 0 Å². The lowest BCUT2D eigenvalue weighted by Crippen LogP contribution is -2.50. The van der Waals surface area contributed by atoms with Crippen molar-refractivity contribution in [2.24, 2.45) is 5.92 Å². The number of aliphatic hydroxyl groups is 1. The lowest BCUT2D eigenvalue weighted by Gasteiger charge is -2.23. The average Bonchev–Trinajstić information content (AvgIpc) is 3.38. The first-order valence-corrected chi connectivity index (χ1v) is 11.2. The van der Waals surface area contributed by atoms with Gasteiger partial charge in [-0.1, -0.05) is 24.3 Å². The van der Waals surface area contributed by atoms with E-state index < -0.39 is 6.04 Å². The van der Waals surface area contributed by atoms with Crippen molar-refractivity contribution in [3.63, 3.8) is 0 Å². The number of Topliss-reactive ketones (excluding diaryl/α,β-unsaturated/α-hetero) is 2. The van der Waals surface area contributed by atoms with Gasteiger partial charge in [-0.25, -0.2) is 0 Å². The van der Waals surface area contributed by atoms with Gasteiger partial charge in [0, 0.05) is 24.2 Å². The molecule has 1 aromatic rings. The van der Waals surface area contributed by atoms with Crippen molar-refractivity contribution in [2.75, 3.05) is 18.4 Å². The van der Waals surface area contributed by atoms with Crippen LogP contribution in [0.3, 0.4) is 0 Å². The van der Waals surface area contributed by atoms with E-state index in [2.05, 4.69) is 34.9 Å². The molecule has 0 aromatic heterocycles. The number of carbonyl (C=O) groups is 2. The lowest BCUT2D eigenvalue weighted by atomic mass is 9.93. The molecule has 2 unspecified atom stereocenters. The third-order valence-corrected chi connectivity index (χ3v) is 8.05. The van der Waals surface area contributed by atoms with E-state index in [0.717, 1.165) is 12.8 Å². The Labute approximate surface area is 162 Å². The molecule has 1 aromatic carbocycles. The fourth-order valence-corrected chi connectivity index (χ4v) is 6.62. The van der Waals surface area contributed by atoms with Gasteiger partial charge in [-0.2, -0.15) is 0 Å². The van der Waals surface area contributed by atoms with Crippen LogP contribution < -0.4 is 10.6 Å². The van der Waals surface area contributed by atoms with E-state index >= 15 is 0 Å². The first kappa shape index (κ1) is 18.5. The van der Waals surface area contributed by atoms with Gasteiger partial charge in [-0.05, 0) is 29.9 Å². The summed E-state index contributed by atoms with van der Waals surface area (Å²) in [6.07, 6.45) is 2.46. The number of thioether (sulfide) groups is 2. The summed E-state index contributed by atoms with van der Waals surface area (Å²) < 4.78 is 0. The van der Waals surface area contributed by atoms with Crippen LogP contribution in [0.15, 0.2) is 24.3 Å². The van der Waals surface area contributed by atoms with Crippen LogP contribution in [0.4, 0.5) is 0 Å². The molecule has 1 aliphatic carbocycles. The Kier molecular flexibility index (Phi) is 5.71. The minimum Gasteiger partial charge on any atom is -0.395 e. The first-order valence-electron chi connectivity index (χ1n) is 9.11. The summed E-state index contributed by atoms with van der Waals surface area (Å²) in [6.45, 7) is -0.0534. The normalized spacial score (nSPS) is 31.3. The number of hydrogen-bond acceptors (Lipinski definition) is 7. The van der Waals surface area contributed by atoms with Gasteiger partial charge in [0.05, 0.1) is 23.1 Å². The summed E-state index contributed by atoms with van der Waals surface area (Å²) in [5, 5.41) is 15.3. The molecule has 4 atom stereocenters. The molecule has 2 saturated heterocycles. The van der Waals surface area contributed by atoms with Crippen molar-refractivity contribution < 1.29 is 14.7 Å². The van der Waals surface area contributed by atoms with Gasteiger partial charge in [0.15, 0.2) is 5.78 Å². The molecular formula is C19H24N2O3S2. The maximum atomic E-state index is 12.9. The van der Waals surface area contributed by atoms with E-state index in [9.17, 15) is 14.7 Å². The zero-order valence-corrected chi connectivity index (χ0v) is 16.2. The van der Waals surface area contributed by atoms with Crippen molar-refractivity contribution >= 4 is 35.1 Å². The molecule has 5 nitrogen and oxygen atoms in total. The van der Waals surface area contributed by atoms with Gasteiger partial charge in [0.2, 0.25) is 0 Å². The number of rotatable bonds is 6. The van der Waals surface area contributed by atoms with Gasteiger partial charge in [0.25, 0.3) is 0 Å². The SMILES string of the molecule is O=C(CC1Cc2ccccc2C1)C1SCN[C@@H]1C(=O)C1SCN[C@@H]1CO. The largest absolute Gasteiger partial charge is 0.395 e. The Morgan fingerprint density at radius 2 is 1.69 bits per heavy atom. The lowest BCUT2D eigenvalue weighted by molar-refractivity contribution is -0.125. The number of hydrogen-bond donors (Lipinski definition) is 3. The van der Waals surface area contributed by atoms with E-state index in [-0.39, 0.29) is 34.7 Å². The summed E-state index contributed by atoms with van der Waals surface area (Å²) in [4.78, 5) is 25.9. The summed E-state index contributed by atoms with van der Waals surface area (Å²) >= 11 is 3.08. The second-order valence-electron chi connectivity index (χ2n) is 7.25. The predicted octanol–water partition coefficient (Wildman–Crippen LogP) is 0.984. The zero-order valence-electron chi connectivity index (χ0n) is 14.5. The average molecular weight is 393 g/mol. The van der Waals surface area contributed by atoms with Gasteiger partial charge >= 0.3 is 0 Å². The molecule has 0 spiro atoms. The van der Waals surface area contributed by atoms with Gasteiger partial charge in [-0.15, -0.1) is 23.5 Å². The predicted molar refractivity (Wildman–Crippen MR) is 105 cm³/mol. The van der Waals surface area contributed by atoms with Crippen molar-refractivity contribution in [3.8, 4) is 0 Å². The second-order valence-corrected chi connectivity index (χ2v) is 9.51. The van der Waals surface area contributed by atoms with Gasteiger partial charge < -0.3 is 10.4 Å². The molecule has 2 aliphatic heterocycles. The summed E-state index contributed by atoms with van der Waals surface area (Å²) in [6, 6.07) is 7.77. The van der Waals surface area contributed by atoms with Gasteiger partial charge in [-0.3, -0.25) is 14.9 Å². The summed E-state index contributed by atoms with van der Waals surface area (Å²) in [5.41, 5.74) is 2.71. The number of nitrogens with one attached hydrogen (secondary N) is 2. The number of benzene rings is 1. The molecule has 26 heavy (non-hydrogen) atoms. The number of ketones is 2. The highest BCUT2D eigenvalue weighted by molar-refractivity contribution is 8.01. The maximum Gasteiger partial charge on any atom is 0.165 e. The van der Waals surface area contributed by atoms with Crippen molar-refractivity contribution in [1.82, 2.24) is 10.6 Å². The summed E-state index contributed by atoms with van der Waals surface area (Å²) in [5.74, 6) is 1.89. The highest BCUT2D eigenvalue weighted by atomic mass is 32.2. The first-order chi connectivity index (χ1) is 12.7. The molecule has 2 fully saturated rings.